The molecule has 158 valence electrons. The highest BCUT2D eigenvalue weighted by molar-refractivity contribution is 7.99. The predicted octanol–water partition coefficient (Wildman–Crippen LogP) is 4.30. The third-order valence-corrected chi connectivity index (χ3v) is 7.41. The first-order valence-electron chi connectivity index (χ1n) is 11.0. The molecule has 0 spiro atoms. The van der Waals surface area contributed by atoms with Crippen molar-refractivity contribution in [3.8, 4) is 0 Å². The van der Waals surface area contributed by atoms with Crippen LogP contribution in [0.25, 0.3) is 27.6 Å². The van der Waals surface area contributed by atoms with E-state index in [9.17, 15) is 4.79 Å². The van der Waals surface area contributed by atoms with E-state index in [4.69, 9.17) is 14.7 Å². The monoisotopic (exact) mass is 432 g/mol. The lowest BCUT2D eigenvalue weighted by Crippen LogP contribution is -2.55. The first-order valence-corrected chi connectivity index (χ1v) is 12.0. The topological polar surface area (TPSA) is 59.7 Å². The molecule has 4 aromatic rings. The Labute approximate surface area is 184 Å². The van der Waals surface area contributed by atoms with Crippen molar-refractivity contribution in [1.29, 1.82) is 0 Å². The first-order chi connectivity index (χ1) is 15.3. The van der Waals surface area contributed by atoms with E-state index in [0.29, 0.717) is 18.9 Å². The van der Waals surface area contributed by atoms with E-state index in [1.807, 2.05) is 36.4 Å². The minimum absolute atomic E-state index is 0.178. The largest absolute Gasteiger partial charge is 0.374 e. The molecule has 1 saturated heterocycles. The second kappa shape index (κ2) is 7.80. The Morgan fingerprint density at radius 3 is 2.77 bits per heavy atom. The summed E-state index contributed by atoms with van der Waals surface area (Å²) in [5, 5.41) is 1.83. The van der Waals surface area contributed by atoms with Gasteiger partial charge >= 0.3 is 0 Å². The van der Waals surface area contributed by atoms with Crippen LogP contribution in [-0.4, -0.2) is 56.2 Å². The molecule has 2 atom stereocenters. The summed E-state index contributed by atoms with van der Waals surface area (Å²) in [5.41, 5.74) is 3.75. The third kappa shape index (κ3) is 3.27. The second-order valence-electron chi connectivity index (χ2n) is 8.31. The van der Waals surface area contributed by atoms with Crippen LogP contribution in [-0.2, 0) is 9.53 Å². The maximum Gasteiger partial charge on any atom is 0.233 e. The summed E-state index contributed by atoms with van der Waals surface area (Å²) in [7, 11) is 0. The number of imidazole rings is 1. The highest BCUT2D eigenvalue weighted by atomic mass is 32.2. The number of ether oxygens (including phenoxy) is 1. The molecule has 2 fully saturated rings. The Morgan fingerprint density at radius 1 is 1.03 bits per heavy atom. The Bertz CT molecular complexity index is 1280. The highest BCUT2D eigenvalue weighted by Crippen LogP contribution is 2.31. The SMILES string of the molecule is O=C(CSc1nc2ccccc2c2nc3ccccc3n12)N1CCOC2CCCCC21. The van der Waals surface area contributed by atoms with Crippen LogP contribution in [0.5, 0.6) is 0 Å². The van der Waals surface area contributed by atoms with Gasteiger partial charge in [0.05, 0.1) is 41.1 Å². The van der Waals surface area contributed by atoms with E-state index in [2.05, 4.69) is 21.4 Å². The number of aromatic nitrogens is 3. The van der Waals surface area contributed by atoms with Crippen molar-refractivity contribution in [2.45, 2.75) is 43.0 Å². The lowest BCUT2D eigenvalue weighted by atomic mass is 9.90. The fourth-order valence-electron chi connectivity index (χ4n) is 5.03. The van der Waals surface area contributed by atoms with E-state index < -0.39 is 0 Å². The number of amides is 1. The number of hydrogen-bond acceptors (Lipinski definition) is 5. The zero-order valence-corrected chi connectivity index (χ0v) is 18.1. The summed E-state index contributed by atoms with van der Waals surface area (Å²) < 4.78 is 8.04. The quantitative estimate of drug-likeness (QED) is 0.357. The normalized spacial score (nSPS) is 21.6. The minimum Gasteiger partial charge on any atom is -0.374 e. The van der Waals surface area contributed by atoms with E-state index in [-0.39, 0.29) is 18.1 Å². The van der Waals surface area contributed by atoms with Crippen LogP contribution in [0.1, 0.15) is 25.7 Å². The molecule has 2 aliphatic rings. The summed E-state index contributed by atoms with van der Waals surface area (Å²) in [5.74, 6) is 0.550. The maximum atomic E-state index is 13.2. The molecule has 7 heteroatoms. The molecule has 6 nitrogen and oxygen atoms in total. The van der Waals surface area contributed by atoms with Gasteiger partial charge in [0.15, 0.2) is 5.16 Å². The lowest BCUT2D eigenvalue weighted by Gasteiger charge is -2.43. The Morgan fingerprint density at radius 2 is 1.84 bits per heavy atom. The number of thioether (sulfide) groups is 1. The van der Waals surface area contributed by atoms with Crippen molar-refractivity contribution in [3.05, 3.63) is 48.5 Å². The van der Waals surface area contributed by atoms with Crippen LogP contribution in [0.4, 0.5) is 0 Å². The summed E-state index contributed by atoms with van der Waals surface area (Å²) in [4.78, 5) is 25.1. The molecule has 2 aromatic heterocycles. The van der Waals surface area contributed by atoms with Gasteiger partial charge in [-0.3, -0.25) is 9.20 Å². The van der Waals surface area contributed by atoms with Gasteiger partial charge in [-0.15, -0.1) is 0 Å². The molecular formula is C24H24N4O2S. The standard InChI is InChI=1S/C24H24N4O2S/c29-22(27-13-14-30-21-12-6-5-11-20(21)27)15-31-24-26-17-8-2-1-7-16(17)23-25-18-9-3-4-10-19(18)28(23)24/h1-4,7-10,20-21H,5-6,11-15H2. The van der Waals surface area contributed by atoms with Crippen LogP contribution in [0.15, 0.2) is 53.7 Å². The van der Waals surface area contributed by atoms with Gasteiger partial charge in [0, 0.05) is 11.9 Å². The number of benzene rings is 2. The molecular weight excluding hydrogens is 408 g/mol. The lowest BCUT2D eigenvalue weighted by molar-refractivity contribution is -0.146. The van der Waals surface area contributed by atoms with Crippen LogP contribution >= 0.6 is 11.8 Å². The van der Waals surface area contributed by atoms with Crippen LogP contribution in [0.2, 0.25) is 0 Å². The fourth-order valence-corrected chi connectivity index (χ4v) is 5.92. The molecule has 1 amide bonds. The van der Waals surface area contributed by atoms with Crippen molar-refractivity contribution in [2.75, 3.05) is 18.9 Å². The molecule has 1 aliphatic heterocycles. The molecule has 6 rings (SSSR count). The molecule has 31 heavy (non-hydrogen) atoms. The average molecular weight is 433 g/mol. The van der Waals surface area contributed by atoms with Gasteiger partial charge in [-0.2, -0.15) is 0 Å². The smallest absolute Gasteiger partial charge is 0.233 e. The molecule has 1 aliphatic carbocycles. The van der Waals surface area contributed by atoms with Crippen molar-refractivity contribution in [1.82, 2.24) is 19.3 Å². The van der Waals surface area contributed by atoms with Gasteiger partial charge in [-0.1, -0.05) is 48.9 Å². The molecule has 2 aromatic carbocycles. The van der Waals surface area contributed by atoms with E-state index in [1.54, 1.807) is 0 Å². The molecule has 0 bridgehead atoms. The summed E-state index contributed by atoms with van der Waals surface area (Å²) in [6.07, 6.45) is 4.70. The third-order valence-electron chi connectivity index (χ3n) is 6.49. The first kappa shape index (κ1) is 19.1. The van der Waals surface area contributed by atoms with Gasteiger partial charge in [-0.25, -0.2) is 9.97 Å². The molecule has 0 radical (unpaired) electrons. The zero-order valence-electron chi connectivity index (χ0n) is 17.2. The molecule has 2 unspecified atom stereocenters. The number of morpholine rings is 1. The van der Waals surface area contributed by atoms with Gasteiger partial charge in [0.2, 0.25) is 5.91 Å². The van der Waals surface area contributed by atoms with Gasteiger partial charge in [0.1, 0.15) is 5.65 Å². The molecule has 3 heterocycles. The number of fused-ring (bicyclic) bond motifs is 6. The molecule has 0 N–H and O–H groups in total. The Kier molecular flexibility index (Phi) is 4.80. The fraction of sp³-hybridized carbons (Fsp3) is 0.375. The number of rotatable bonds is 3. The van der Waals surface area contributed by atoms with Gasteiger partial charge in [-0.05, 0) is 37.1 Å². The Balaban J connectivity index is 1.35. The number of para-hydroxylation sites is 3. The van der Waals surface area contributed by atoms with Crippen molar-refractivity contribution in [2.24, 2.45) is 0 Å². The number of carbonyl (C=O) groups excluding carboxylic acids is 1. The average Bonchev–Trinajstić information content (AvgIpc) is 3.22. The van der Waals surface area contributed by atoms with Crippen molar-refractivity contribution >= 4 is 45.3 Å². The van der Waals surface area contributed by atoms with Crippen LogP contribution in [0, 0.1) is 0 Å². The minimum atomic E-state index is 0.178. The summed E-state index contributed by atoms with van der Waals surface area (Å²) in [6, 6.07) is 16.4. The van der Waals surface area contributed by atoms with E-state index in [0.717, 1.165) is 45.6 Å². The van der Waals surface area contributed by atoms with Crippen LogP contribution < -0.4 is 0 Å². The summed E-state index contributed by atoms with van der Waals surface area (Å²) in [6.45, 7) is 1.33. The number of hydrogen-bond donors (Lipinski definition) is 0. The van der Waals surface area contributed by atoms with Crippen LogP contribution in [0.3, 0.4) is 0 Å². The zero-order chi connectivity index (χ0) is 20.8. The summed E-state index contributed by atoms with van der Waals surface area (Å²) >= 11 is 1.51. The maximum absolute atomic E-state index is 13.2. The second-order valence-corrected chi connectivity index (χ2v) is 9.25. The van der Waals surface area contributed by atoms with E-state index >= 15 is 0 Å². The predicted molar refractivity (Wildman–Crippen MR) is 122 cm³/mol. The van der Waals surface area contributed by atoms with Gasteiger partial charge < -0.3 is 9.64 Å². The number of carbonyl (C=O) groups is 1. The highest BCUT2D eigenvalue weighted by Gasteiger charge is 2.36. The van der Waals surface area contributed by atoms with E-state index in [1.165, 1.54) is 24.6 Å². The molecule has 1 saturated carbocycles. The van der Waals surface area contributed by atoms with Crippen molar-refractivity contribution in [3.63, 3.8) is 0 Å². The van der Waals surface area contributed by atoms with Crippen molar-refractivity contribution < 1.29 is 9.53 Å². The Hall–Kier alpha value is -2.64. The van der Waals surface area contributed by atoms with Gasteiger partial charge in [0.25, 0.3) is 0 Å². The number of nitrogens with zero attached hydrogens (tertiary/aromatic N) is 4.